The van der Waals surface area contributed by atoms with Gasteiger partial charge in [-0.2, -0.15) is 5.10 Å². The number of aromatic amines is 1. The van der Waals surface area contributed by atoms with Crippen LogP contribution in [-0.4, -0.2) is 91.5 Å². The lowest BCUT2D eigenvalue weighted by molar-refractivity contribution is 0.0364. The molecule has 3 heterocycles. The number of fused-ring (bicyclic) bond motifs is 3. The van der Waals surface area contributed by atoms with Crippen LogP contribution < -0.4 is 15.6 Å². The Bertz CT molecular complexity index is 1350. The number of piperidine rings is 1. The van der Waals surface area contributed by atoms with Crippen molar-refractivity contribution in [2.24, 2.45) is 5.73 Å². The second-order valence-electron chi connectivity index (χ2n) is 10.3. The van der Waals surface area contributed by atoms with Gasteiger partial charge < -0.3 is 20.3 Å². The zero-order chi connectivity index (χ0) is 26.4. The molecule has 10 nitrogen and oxygen atoms in total. The Hall–Kier alpha value is -3.73. The Kier molecular flexibility index (Phi) is 6.38. The largest absolute Gasteiger partial charge is 0.379 e. The van der Waals surface area contributed by atoms with Crippen LogP contribution in [0.3, 0.4) is 0 Å². The molecule has 0 saturated carbocycles. The summed E-state index contributed by atoms with van der Waals surface area (Å²) in [4.78, 5) is 31.1. The van der Waals surface area contributed by atoms with Crippen molar-refractivity contribution in [2.45, 2.75) is 18.9 Å². The Morgan fingerprint density at radius 3 is 2.39 bits per heavy atom. The molecule has 2 fully saturated rings. The minimum absolute atomic E-state index is 0.163. The number of carbonyl (C=O) groups is 2. The number of nitrogens with two attached hydrogens (primary N) is 1. The highest BCUT2D eigenvalue weighted by Crippen LogP contribution is 2.44. The summed E-state index contributed by atoms with van der Waals surface area (Å²) in [5, 5.41) is 10.9. The number of ketones is 1. The summed E-state index contributed by atoms with van der Waals surface area (Å²) in [6.07, 6.45) is 2.28. The number of anilines is 2. The molecule has 198 valence electrons. The van der Waals surface area contributed by atoms with Gasteiger partial charge in [-0.15, -0.1) is 0 Å². The third-order valence-corrected chi connectivity index (χ3v) is 7.94. The van der Waals surface area contributed by atoms with Crippen LogP contribution in [0.4, 0.5) is 16.2 Å². The van der Waals surface area contributed by atoms with E-state index in [1.54, 1.807) is 6.07 Å². The van der Waals surface area contributed by atoms with E-state index in [0.29, 0.717) is 60.5 Å². The second kappa shape index (κ2) is 9.86. The number of rotatable bonds is 5. The number of ether oxygens (including phenoxy) is 1. The summed E-state index contributed by atoms with van der Waals surface area (Å²) >= 11 is 0. The molecule has 3 N–H and O–H groups in total. The van der Waals surface area contributed by atoms with Crippen molar-refractivity contribution in [3.63, 3.8) is 0 Å². The van der Waals surface area contributed by atoms with E-state index in [-0.39, 0.29) is 5.78 Å². The first-order valence-electron chi connectivity index (χ1n) is 13.1. The van der Waals surface area contributed by atoms with Crippen molar-refractivity contribution >= 4 is 23.2 Å². The molecule has 0 spiro atoms. The summed E-state index contributed by atoms with van der Waals surface area (Å²) in [6, 6.07) is 13.8. The summed E-state index contributed by atoms with van der Waals surface area (Å²) < 4.78 is 5.44. The van der Waals surface area contributed by atoms with Gasteiger partial charge in [0.25, 0.3) is 0 Å². The Morgan fingerprint density at radius 2 is 1.74 bits per heavy atom. The number of hydrogen-bond acceptors (Lipinski definition) is 7. The van der Waals surface area contributed by atoms with Crippen LogP contribution in [0.15, 0.2) is 42.5 Å². The van der Waals surface area contributed by atoms with Crippen LogP contribution in [0.5, 0.6) is 0 Å². The summed E-state index contributed by atoms with van der Waals surface area (Å²) in [7, 11) is 4.29. The Morgan fingerprint density at radius 1 is 1.03 bits per heavy atom. The van der Waals surface area contributed by atoms with Crippen LogP contribution in [0.2, 0.25) is 0 Å². The van der Waals surface area contributed by atoms with Gasteiger partial charge in [-0.25, -0.2) is 14.8 Å². The predicted octanol–water partition coefficient (Wildman–Crippen LogP) is 2.95. The number of urea groups is 1. The van der Waals surface area contributed by atoms with Crippen LogP contribution in [0.25, 0.3) is 22.5 Å². The molecule has 1 aromatic heterocycles. The van der Waals surface area contributed by atoms with Crippen molar-refractivity contribution in [1.29, 1.82) is 0 Å². The molecule has 38 heavy (non-hydrogen) atoms. The summed E-state index contributed by atoms with van der Waals surface area (Å²) in [6.45, 7) is 4.05. The smallest absolute Gasteiger partial charge is 0.334 e. The summed E-state index contributed by atoms with van der Waals surface area (Å²) in [5.74, 6) is -0.163. The number of benzene rings is 2. The molecule has 0 radical (unpaired) electrons. The second-order valence-corrected chi connectivity index (χ2v) is 10.3. The minimum Gasteiger partial charge on any atom is -0.379 e. The number of nitrogens with zero attached hydrogens (tertiary/aromatic N) is 5. The normalized spacial score (nSPS) is 18.1. The molecular formula is C28H33N7O3. The van der Waals surface area contributed by atoms with Crippen LogP contribution >= 0.6 is 0 Å². The Labute approximate surface area is 221 Å². The number of morpholine rings is 1. The number of hydrogen-bond donors (Lipinski definition) is 2. The molecule has 2 amide bonds. The highest BCUT2D eigenvalue weighted by Gasteiger charge is 2.38. The number of hydrazine groups is 1. The predicted molar refractivity (Wildman–Crippen MR) is 146 cm³/mol. The van der Waals surface area contributed by atoms with E-state index in [0.717, 1.165) is 37.1 Å². The van der Waals surface area contributed by atoms with Gasteiger partial charge >= 0.3 is 6.03 Å². The standard InChI is InChI=1S/C28H33N7O3/c1-32(2)19-10-12-33(13-11-19)20-8-6-18(7-9-20)25-24-26(31-30-25)21-4-3-5-22(23(21)27(24)36)35(28(29)37)34-14-16-38-17-15-34/h3-9,19H,10-17H2,1-2H3,(H2,29,37)(H,30,31). The average Bonchev–Trinajstić information content (AvgIpc) is 3.49. The number of amides is 2. The molecule has 3 aliphatic rings. The molecule has 2 aromatic carbocycles. The van der Waals surface area contributed by atoms with Crippen molar-refractivity contribution in [2.75, 3.05) is 63.4 Å². The van der Waals surface area contributed by atoms with Gasteiger partial charge in [-0.1, -0.05) is 24.3 Å². The van der Waals surface area contributed by atoms with Gasteiger partial charge in [0.15, 0.2) is 5.78 Å². The van der Waals surface area contributed by atoms with E-state index in [4.69, 9.17) is 10.5 Å². The van der Waals surface area contributed by atoms with E-state index in [9.17, 15) is 9.59 Å². The number of nitrogens with one attached hydrogen (secondary N) is 1. The number of H-pyrrole nitrogens is 1. The third kappa shape index (κ3) is 4.14. The topological polar surface area (TPSA) is 111 Å². The molecule has 0 atom stereocenters. The van der Waals surface area contributed by atoms with Crippen LogP contribution in [0.1, 0.15) is 28.8 Å². The maximum Gasteiger partial charge on any atom is 0.334 e. The highest BCUT2D eigenvalue weighted by atomic mass is 16.5. The van der Waals surface area contributed by atoms with Gasteiger partial charge in [-0.05, 0) is 45.1 Å². The first-order chi connectivity index (χ1) is 18.4. The van der Waals surface area contributed by atoms with Crippen molar-refractivity contribution in [1.82, 2.24) is 20.1 Å². The number of carbonyl (C=O) groups excluding carboxylic acids is 2. The monoisotopic (exact) mass is 515 g/mol. The zero-order valence-corrected chi connectivity index (χ0v) is 21.8. The molecule has 3 aromatic rings. The van der Waals surface area contributed by atoms with Crippen molar-refractivity contribution < 1.29 is 14.3 Å². The number of primary amides is 1. The highest BCUT2D eigenvalue weighted by molar-refractivity contribution is 6.27. The fourth-order valence-corrected chi connectivity index (χ4v) is 5.89. The lowest BCUT2D eigenvalue weighted by Gasteiger charge is -2.36. The molecule has 0 unspecified atom stereocenters. The SMILES string of the molecule is CN(C)C1CCN(c2ccc(-c3n[nH]c4c3C(=O)c3c-4cccc3N(C(N)=O)N3CCOCC3)cc2)CC1. The lowest BCUT2D eigenvalue weighted by Crippen LogP contribution is -2.54. The maximum atomic E-state index is 13.9. The minimum atomic E-state index is -0.632. The van der Waals surface area contributed by atoms with Crippen molar-refractivity contribution in [3.8, 4) is 22.5 Å². The van der Waals surface area contributed by atoms with Crippen LogP contribution in [0, 0.1) is 0 Å². The lowest BCUT2D eigenvalue weighted by atomic mass is 10.0. The van der Waals surface area contributed by atoms with Gasteiger partial charge in [0.2, 0.25) is 0 Å². The average molecular weight is 516 g/mol. The van der Waals surface area contributed by atoms with E-state index in [1.807, 2.05) is 29.3 Å². The fourth-order valence-electron chi connectivity index (χ4n) is 5.89. The summed E-state index contributed by atoms with van der Waals surface area (Å²) in [5.41, 5.74) is 11.3. The first-order valence-corrected chi connectivity index (χ1v) is 13.1. The third-order valence-electron chi connectivity index (χ3n) is 7.94. The van der Waals surface area contributed by atoms with E-state index in [1.165, 1.54) is 10.7 Å². The fraction of sp³-hybridized carbons (Fsp3) is 0.393. The van der Waals surface area contributed by atoms with E-state index in [2.05, 4.69) is 46.2 Å². The zero-order valence-electron chi connectivity index (χ0n) is 21.8. The molecule has 0 bridgehead atoms. The first kappa shape index (κ1) is 24.6. The van der Waals surface area contributed by atoms with Crippen LogP contribution in [-0.2, 0) is 4.74 Å². The Balaban J connectivity index is 1.29. The molecule has 6 rings (SSSR count). The molecule has 2 saturated heterocycles. The quantitative estimate of drug-likeness (QED) is 0.420. The van der Waals surface area contributed by atoms with Crippen molar-refractivity contribution in [3.05, 3.63) is 53.6 Å². The van der Waals surface area contributed by atoms with Gasteiger partial charge in [0, 0.05) is 49.0 Å². The van der Waals surface area contributed by atoms with E-state index >= 15 is 0 Å². The molecule has 1 aliphatic carbocycles. The molecule has 2 aliphatic heterocycles. The van der Waals surface area contributed by atoms with Gasteiger partial charge in [-0.3, -0.25) is 9.89 Å². The number of aromatic nitrogens is 2. The van der Waals surface area contributed by atoms with Gasteiger partial charge in [0.1, 0.15) is 5.69 Å². The maximum absolute atomic E-state index is 13.9. The van der Waals surface area contributed by atoms with E-state index < -0.39 is 6.03 Å². The molecular weight excluding hydrogens is 482 g/mol. The van der Waals surface area contributed by atoms with Gasteiger partial charge in [0.05, 0.1) is 35.7 Å². The molecule has 10 heteroatoms.